The van der Waals surface area contributed by atoms with E-state index in [1.165, 1.54) is 11.7 Å². The molecule has 0 atom stereocenters. The summed E-state index contributed by atoms with van der Waals surface area (Å²) in [4.78, 5) is 11.7. The zero-order valence-corrected chi connectivity index (χ0v) is 5.20. The summed E-state index contributed by atoms with van der Waals surface area (Å²) in [5, 5.41) is 10.6. The van der Waals surface area contributed by atoms with E-state index in [2.05, 4.69) is 15.4 Å². The first kappa shape index (κ1) is 5.87. The molecule has 0 unspecified atom stereocenters. The molecule has 0 aliphatic heterocycles. The van der Waals surface area contributed by atoms with Crippen molar-refractivity contribution < 1.29 is 4.79 Å². The Morgan fingerprint density at radius 3 is 2.56 bits per heavy atom. The Hall–Kier alpha value is -1.26. The van der Waals surface area contributed by atoms with Crippen molar-refractivity contribution in [1.82, 2.24) is 20.2 Å². The molecule has 1 rings (SSSR count). The fraction of sp³-hybridized carbons (Fsp3) is 0.500. The van der Waals surface area contributed by atoms with Gasteiger partial charge >= 0.3 is 0 Å². The van der Waals surface area contributed by atoms with Crippen LogP contribution in [0.2, 0.25) is 0 Å². The van der Waals surface area contributed by atoms with Crippen molar-refractivity contribution in [2.45, 2.75) is 6.92 Å². The number of aryl methyl sites for hydroxylation is 1. The topological polar surface area (TPSA) is 60.7 Å². The molecule has 0 saturated carbocycles. The summed E-state index contributed by atoms with van der Waals surface area (Å²) in [6.45, 7) is 1.40. The van der Waals surface area contributed by atoms with E-state index in [0.29, 0.717) is 0 Å². The minimum absolute atomic E-state index is 0.164. The third kappa shape index (κ3) is 1.10. The van der Waals surface area contributed by atoms with Crippen LogP contribution in [-0.2, 0) is 7.05 Å². The summed E-state index contributed by atoms with van der Waals surface area (Å²) in [7, 11) is 1.61. The zero-order valence-electron chi connectivity index (χ0n) is 5.20. The van der Waals surface area contributed by atoms with Gasteiger partial charge in [-0.25, -0.2) is 0 Å². The van der Waals surface area contributed by atoms with E-state index in [4.69, 9.17) is 0 Å². The molecule has 0 bridgehead atoms. The second-order valence-corrected chi connectivity index (χ2v) is 1.66. The van der Waals surface area contributed by atoms with Gasteiger partial charge in [-0.3, -0.25) is 4.79 Å². The fourth-order valence-corrected chi connectivity index (χ4v) is 0.425. The Balaban J connectivity index is 2.98. The molecular formula is C4H6N4O. The van der Waals surface area contributed by atoms with Crippen molar-refractivity contribution >= 4 is 5.78 Å². The van der Waals surface area contributed by atoms with Crippen LogP contribution < -0.4 is 0 Å². The van der Waals surface area contributed by atoms with E-state index in [-0.39, 0.29) is 11.6 Å². The van der Waals surface area contributed by atoms with E-state index in [9.17, 15) is 4.79 Å². The summed E-state index contributed by atoms with van der Waals surface area (Å²) in [6, 6.07) is 0. The minimum Gasteiger partial charge on any atom is -0.291 e. The van der Waals surface area contributed by atoms with E-state index in [1.54, 1.807) is 7.05 Å². The van der Waals surface area contributed by atoms with Crippen molar-refractivity contribution in [3.63, 3.8) is 0 Å². The van der Waals surface area contributed by atoms with Crippen molar-refractivity contribution in [2.75, 3.05) is 0 Å². The summed E-state index contributed by atoms with van der Waals surface area (Å²) >= 11 is 0. The van der Waals surface area contributed by atoms with Crippen molar-refractivity contribution in [2.24, 2.45) is 7.05 Å². The zero-order chi connectivity index (χ0) is 6.85. The van der Waals surface area contributed by atoms with Crippen LogP contribution in [-0.4, -0.2) is 26.0 Å². The van der Waals surface area contributed by atoms with Crippen LogP contribution >= 0.6 is 0 Å². The molecule has 0 N–H and O–H groups in total. The van der Waals surface area contributed by atoms with Gasteiger partial charge in [0.15, 0.2) is 0 Å². The monoisotopic (exact) mass is 126 g/mol. The summed E-state index contributed by atoms with van der Waals surface area (Å²) in [6.07, 6.45) is 0. The van der Waals surface area contributed by atoms with Gasteiger partial charge in [0.05, 0.1) is 7.05 Å². The molecule has 0 aliphatic carbocycles. The molecule has 9 heavy (non-hydrogen) atoms. The molecule has 48 valence electrons. The maximum absolute atomic E-state index is 10.5. The highest BCUT2D eigenvalue weighted by Gasteiger charge is 2.03. The molecule has 1 heterocycles. The van der Waals surface area contributed by atoms with Crippen LogP contribution in [0.25, 0.3) is 0 Å². The second kappa shape index (κ2) is 1.93. The molecule has 5 heteroatoms. The minimum atomic E-state index is -0.164. The number of aromatic nitrogens is 4. The maximum atomic E-state index is 10.5. The van der Waals surface area contributed by atoms with Gasteiger partial charge < -0.3 is 0 Å². The van der Waals surface area contributed by atoms with Crippen LogP contribution in [0, 0.1) is 0 Å². The highest BCUT2D eigenvalue weighted by atomic mass is 16.1. The lowest BCUT2D eigenvalue weighted by molar-refractivity contribution is 0.100. The van der Waals surface area contributed by atoms with Gasteiger partial charge in [-0.1, -0.05) is 0 Å². The van der Waals surface area contributed by atoms with E-state index in [0.717, 1.165) is 0 Å². The normalized spacial score (nSPS) is 9.56. The molecule has 0 radical (unpaired) electrons. The van der Waals surface area contributed by atoms with E-state index < -0.39 is 0 Å². The smallest absolute Gasteiger partial charge is 0.240 e. The molecule has 1 aromatic heterocycles. The largest absolute Gasteiger partial charge is 0.291 e. The lowest BCUT2D eigenvalue weighted by Gasteiger charge is -1.77. The van der Waals surface area contributed by atoms with Crippen molar-refractivity contribution in [3.05, 3.63) is 5.82 Å². The van der Waals surface area contributed by atoms with Crippen LogP contribution in [0.1, 0.15) is 17.5 Å². The number of carbonyl (C=O) groups excluding carboxylic acids is 1. The SMILES string of the molecule is CC(=O)c1nnn(C)n1. The van der Waals surface area contributed by atoms with E-state index in [1.807, 2.05) is 0 Å². The first-order valence-corrected chi connectivity index (χ1v) is 2.45. The van der Waals surface area contributed by atoms with Crippen molar-refractivity contribution in [3.8, 4) is 0 Å². The average Bonchev–Trinajstić information content (AvgIpc) is 2.14. The second-order valence-electron chi connectivity index (χ2n) is 1.66. The molecule has 0 spiro atoms. The van der Waals surface area contributed by atoms with Gasteiger partial charge in [-0.15, -0.1) is 10.2 Å². The van der Waals surface area contributed by atoms with Crippen LogP contribution in [0.15, 0.2) is 0 Å². The fourth-order valence-electron chi connectivity index (χ4n) is 0.425. The molecule has 0 amide bonds. The molecule has 0 aliphatic rings. The molecule has 0 aromatic carbocycles. The number of Topliss-reactive ketones (excluding diaryl/α,β-unsaturated/α-hetero) is 1. The number of hydrogen-bond donors (Lipinski definition) is 0. The molecule has 0 saturated heterocycles. The highest BCUT2D eigenvalue weighted by Crippen LogP contribution is 1.83. The Morgan fingerprint density at radius 2 is 2.33 bits per heavy atom. The lowest BCUT2D eigenvalue weighted by atomic mass is 10.4. The average molecular weight is 126 g/mol. The maximum Gasteiger partial charge on any atom is 0.240 e. The third-order valence-corrected chi connectivity index (χ3v) is 0.823. The first-order chi connectivity index (χ1) is 4.20. The lowest BCUT2D eigenvalue weighted by Crippen LogP contribution is -1.96. The van der Waals surface area contributed by atoms with Gasteiger partial charge in [0.25, 0.3) is 0 Å². The number of hydrogen-bond acceptors (Lipinski definition) is 4. The number of tetrazole rings is 1. The van der Waals surface area contributed by atoms with Gasteiger partial charge in [0.2, 0.25) is 11.6 Å². The Morgan fingerprint density at radius 1 is 1.67 bits per heavy atom. The van der Waals surface area contributed by atoms with Crippen LogP contribution in [0.3, 0.4) is 0 Å². The molecule has 0 fully saturated rings. The Labute approximate surface area is 51.7 Å². The molecular weight excluding hydrogens is 120 g/mol. The van der Waals surface area contributed by atoms with Gasteiger partial charge in [0.1, 0.15) is 0 Å². The predicted octanol–water partition coefficient (Wildman–Crippen LogP) is -0.587. The molecule has 1 aromatic rings. The quantitative estimate of drug-likeness (QED) is 0.472. The number of carbonyl (C=O) groups is 1. The Bertz CT molecular complexity index is 228. The number of ketones is 1. The Kier molecular flexibility index (Phi) is 1.26. The van der Waals surface area contributed by atoms with Crippen LogP contribution in [0.4, 0.5) is 0 Å². The summed E-state index contributed by atoms with van der Waals surface area (Å²) in [5.41, 5.74) is 0. The van der Waals surface area contributed by atoms with Gasteiger partial charge in [-0.2, -0.15) is 4.80 Å². The first-order valence-electron chi connectivity index (χ1n) is 2.45. The highest BCUT2D eigenvalue weighted by molar-refractivity contribution is 5.89. The summed E-state index contributed by atoms with van der Waals surface area (Å²) < 4.78 is 0. The van der Waals surface area contributed by atoms with Gasteiger partial charge in [-0.05, 0) is 5.21 Å². The summed E-state index contributed by atoms with van der Waals surface area (Å²) in [5.74, 6) is 0.000556. The third-order valence-electron chi connectivity index (χ3n) is 0.823. The molecule has 5 nitrogen and oxygen atoms in total. The van der Waals surface area contributed by atoms with E-state index >= 15 is 0 Å². The number of rotatable bonds is 1. The predicted molar refractivity (Wildman–Crippen MR) is 28.8 cm³/mol. The van der Waals surface area contributed by atoms with Crippen LogP contribution in [0.5, 0.6) is 0 Å². The number of nitrogens with zero attached hydrogens (tertiary/aromatic N) is 4. The van der Waals surface area contributed by atoms with Crippen molar-refractivity contribution in [1.29, 1.82) is 0 Å². The van der Waals surface area contributed by atoms with Gasteiger partial charge in [0, 0.05) is 6.92 Å². The standard InChI is InChI=1S/C4H6N4O/c1-3(9)4-5-7-8(2)6-4/h1-2H3.